The molecule has 0 bridgehead atoms. The van der Waals surface area contributed by atoms with E-state index < -0.39 is 0 Å². The minimum absolute atomic E-state index is 0.208. The molecule has 102 valence electrons. The maximum Gasteiger partial charge on any atom is 0.133 e. The predicted molar refractivity (Wildman–Crippen MR) is 73.8 cm³/mol. The highest BCUT2D eigenvalue weighted by molar-refractivity contribution is 5.18. The summed E-state index contributed by atoms with van der Waals surface area (Å²) in [5.74, 6) is 0.983. The maximum absolute atomic E-state index is 5.27. The molecule has 1 atom stereocenters. The number of aryl methyl sites for hydroxylation is 1. The second kappa shape index (κ2) is 7.01. The van der Waals surface area contributed by atoms with Gasteiger partial charge in [-0.25, -0.2) is 0 Å². The van der Waals surface area contributed by atoms with Crippen molar-refractivity contribution in [1.82, 2.24) is 20.1 Å². The van der Waals surface area contributed by atoms with Crippen LogP contribution in [0, 0.1) is 0 Å². The third-order valence-corrected chi connectivity index (χ3v) is 3.08. The van der Waals surface area contributed by atoms with Gasteiger partial charge in [0, 0.05) is 27.1 Å². The topological polar surface area (TPSA) is 52.0 Å². The summed E-state index contributed by atoms with van der Waals surface area (Å²) >= 11 is 0. The van der Waals surface area contributed by atoms with Crippen LogP contribution in [-0.2, 0) is 18.2 Å². The van der Waals surface area contributed by atoms with Crippen molar-refractivity contribution >= 4 is 0 Å². The van der Waals surface area contributed by atoms with Gasteiger partial charge in [-0.05, 0) is 5.56 Å². The number of aromatic nitrogens is 3. The van der Waals surface area contributed by atoms with E-state index in [1.54, 1.807) is 13.4 Å². The maximum atomic E-state index is 5.27. The fourth-order valence-corrected chi connectivity index (χ4v) is 2.02. The van der Waals surface area contributed by atoms with Crippen molar-refractivity contribution in [3.63, 3.8) is 0 Å². The van der Waals surface area contributed by atoms with E-state index in [2.05, 4.69) is 27.6 Å². The Kier molecular flexibility index (Phi) is 5.06. The smallest absolute Gasteiger partial charge is 0.133 e. The summed E-state index contributed by atoms with van der Waals surface area (Å²) in [5.41, 5.74) is 1.24. The van der Waals surface area contributed by atoms with Crippen molar-refractivity contribution in [1.29, 1.82) is 0 Å². The molecule has 0 aliphatic rings. The quantitative estimate of drug-likeness (QED) is 0.816. The number of nitrogens with zero attached hydrogens (tertiary/aromatic N) is 3. The Morgan fingerprint density at radius 1 is 1.32 bits per heavy atom. The highest BCUT2D eigenvalue weighted by atomic mass is 16.5. The standard InChI is InChI=1S/C14H20N4O/c1-18-11-16-17-14(18)8-9-15-13(10-19-2)12-6-4-3-5-7-12/h3-7,11,13,15H,8-10H2,1-2H3. The molecule has 0 aliphatic heterocycles. The molecular weight excluding hydrogens is 240 g/mol. The third kappa shape index (κ3) is 3.87. The van der Waals surface area contributed by atoms with Crippen molar-refractivity contribution < 1.29 is 4.74 Å². The van der Waals surface area contributed by atoms with E-state index in [0.29, 0.717) is 6.61 Å². The summed E-state index contributed by atoms with van der Waals surface area (Å²) in [6.07, 6.45) is 2.57. The molecule has 1 N–H and O–H groups in total. The number of benzene rings is 1. The van der Waals surface area contributed by atoms with Crippen LogP contribution in [0.25, 0.3) is 0 Å². The first-order chi connectivity index (χ1) is 9.31. The number of hydrogen-bond donors (Lipinski definition) is 1. The van der Waals surface area contributed by atoms with Crippen LogP contribution in [-0.4, -0.2) is 35.0 Å². The summed E-state index contributed by atoms with van der Waals surface area (Å²) in [6, 6.07) is 10.5. The van der Waals surface area contributed by atoms with E-state index in [4.69, 9.17) is 4.74 Å². The molecule has 5 heteroatoms. The zero-order valence-corrected chi connectivity index (χ0v) is 11.4. The van der Waals surface area contributed by atoms with Crippen LogP contribution < -0.4 is 5.32 Å². The van der Waals surface area contributed by atoms with E-state index in [1.165, 1.54) is 5.56 Å². The van der Waals surface area contributed by atoms with E-state index >= 15 is 0 Å². The molecule has 1 aromatic heterocycles. The molecule has 0 fully saturated rings. The van der Waals surface area contributed by atoms with Crippen molar-refractivity contribution in [3.8, 4) is 0 Å². The number of rotatable bonds is 7. The molecule has 2 rings (SSSR count). The largest absolute Gasteiger partial charge is 0.383 e. The number of nitrogens with one attached hydrogen (secondary N) is 1. The van der Waals surface area contributed by atoms with Crippen LogP contribution in [0.2, 0.25) is 0 Å². The van der Waals surface area contributed by atoms with E-state index in [1.807, 2.05) is 29.8 Å². The second-order valence-electron chi connectivity index (χ2n) is 4.48. The molecule has 19 heavy (non-hydrogen) atoms. The van der Waals surface area contributed by atoms with Gasteiger partial charge in [-0.3, -0.25) is 0 Å². The lowest BCUT2D eigenvalue weighted by atomic mass is 10.1. The Morgan fingerprint density at radius 2 is 2.11 bits per heavy atom. The third-order valence-electron chi connectivity index (χ3n) is 3.08. The molecule has 0 aliphatic carbocycles. The van der Waals surface area contributed by atoms with Crippen LogP contribution in [0.3, 0.4) is 0 Å². The zero-order valence-electron chi connectivity index (χ0n) is 11.4. The van der Waals surface area contributed by atoms with Gasteiger partial charge in [-0.2, -0.15) is 0 Å². The fourth-order valence-electron chi connectivity index (χ4n) is 2.02. The lowest BCUT2D eigenvalue weighted by Gasteiger charge is -2.18. The van der Waals surface area contributed by atoms with E-state index in [9.17, 15) is 0 Å². The lowest BCUT2D eigenvalue weighted by Crippen LogP contribution is -2.27. The SMILES string of the molecule is COCC(NCCc1nncn1C)c1ccccc1. The predicted octanol–water partition coefficient (Wildman–Crippen LogP) is 1.33. The molecular formula is C14H20N4O. The molecule has 0 saturated carbocycles. The highest BCUT2D eigenvalue weighted by Gasteiger charge is 2.10. The summed E-state index contributed by atoms with van der Waals surface area (Å²) < 4.78 is 7.21. The highest BCUT2D eigenvalue weighted by Crippen LogP contribution is 2.12. The molecule has 1 aromatic carbocycles. The van der Waals surface area contributed by atoms with E-state index in [0.717, 1.165) is 18.8 Å². The average Bonchev–Trinajstić information content (AvgIpc) is 2.84. The Balaban J connectivity index is 1.89. The van der Waals surface area contributed by atoms with Gasteiger partial charge in [0.1, 0.15) is 12.2 Å². The first-order valence-electron chi connectivity index (χ1n) is 6.41. The minimum Gasteiger partial charge on any atom is -0.383 e. The van der Waals surface area contributed by atoms with Gasteiger partial charge in [0.05, 0.1) is 12.6 Å². The van der Waals surface area contributed by atoms with Crippen molar-refractivity contribution in [3.05, 3.63) is 48.0 Å². The lowest BCUT2D eigenvalue weighted by molar-refractivity contribution is 0.167. The Labute approximate surface area is 113 Å². The molecule has 0 saturated heterocycles. The molecule has 1 unspecified atom stereocenters. The summed E-state index contributed by atoms with van der Waals surface area (Å²) in [6.45, 7) is 1.50. The first kappa shape index (κ1) is 13.7. The van der Waals surface area contributed by atoms with Crippen molar-refractivity contribution in [2.75, 3.05) is 20.3 Å². The second-order valence-corrected chi connectivity index (χ2v) is 4.48. The fraction of sp³-hybridized carbons (Fsp3) is 0.429. The molecule has 5 nitrogen and oxygen atoms in total. The van der Waals surface area contributed by atoms with Gasteiger partial charge >= 0.3 is 0 Å². The average molecular weight is 260 g/mol. The molecule has 1 heterocycles. The van der Waals surface area contributed by atoms with Crippen LogP contribution in [0.1, 0.15) is 17.4 Å². The van der Waals surface area contributed by atoms with Crippen LogP contribution in [0.4, 0.5) is 0 Å². The Bertz CT molecular complexity index is 483. The van der Waals surface area contributed by atoms with E-state index in [-0.39, 0.29) is 6.04 Å². The van der Waals surface area contributed by atoms with Gasteiger partial charge in [-0.15, -0.1) is 10.2 Å². The van der Waals surface area contributed by atoms with Gasteiger partial charge < -0.3 is 14.6 Å². The molecule has 0 spiro atoms. The number of ether oxygens (including phenoxy) is 1. The molecule has 2 aromatic rings. The minimum atomic E-state index is 0.208. The number of methoxy groups -OCH3 is 1. The molecule has 0 amide bonds. The van der Waals surface area contributed by atoms with Crippen LogP contribution in [0.15, 0.2) is 36.7 Å². The summed E-state index contributed by atoms with van der Waals surface area (Å²) in [7, 11) is 3.68. The molecule has 0 radical (unpaired) electrons. The van der Waals surface area contributed by atoms with Gasteiger partial charge in [-0.1, -0.05) is 30.3 Å². The van der Waals surface area contributed by atoms with Gasteiger partial charge in [0.15, 0.2) is 0 Å². The summed E-state index contributed by atoms with van der Waals surface area (Å²) in [4.78, 5) is 0. The Hall–Kier alpha value is -1.72. The number of hydrogen-bond acceptors (Lipinski definition) is 4. The van der Waals surface area contributed by atoms with Crippen LogP contribution in [0.5, 0.6) is 0 Å². The first-order valence-corrected chi connectivity index (χ1v) is 6.41. The monoisotopic (exact) mass is 260 g/mol. The van der Waals surface area contributed by atoms with Gasteiger partial charge in [0.2, 0.25) is 0 Å². The zero-order chi connectivity index (χ0) is 13.5. The Morgan fingerprint density at radius 3 is 2.74 bits per heavy atom. The summed E-state index contributed by atoms with van der Waals surface area (Å²) in [5, 5.41) is 11.4. The van der Waals surface area contributed by atoms with Crippen molar-refractivity contribution in [2.24, 2.45) is 7.05 Å². The normalized spacial score (nSPS) is 12.5. The van der Waals surface area contributed by atoms with Crippen molar-refractivity contribution in [2.45, 2.75) is 12.5 Å². The van der Waals surface area contributed by atoms with Crippen LogP contribution >= 0.6 is 0 Å². The van der Waals surface area contributed by atoms with Gasteiger partial charge in [0.25, 0.3) is 0 Å².